The van der Waals surface area contributed by atoms with Crippen LogP contribution in [-0.2, 0) is 11.2 Å². The van der Waals surface area contributed by atoms with Gasteiger partial charge in [0.25, 0.3) is 5.69 Å². The van der Waals surface area contributed by atoms with Gasteiger partial charge in [0, 0.05) is 36.0 Å². The maximum absolute atomic E-state index is 13.1. The predicted molar refractivity (Wildman–Crippen MR) is 121 cm³/mol. The van der Waals surface area contributed by atoms with E-state index in [0.717, 1.165) is 35.4 Å². The number of non-ortho nitro benzene ring substituents is 1. The van der Waals surface area contributed by atoms with Gasteiger partial charge >= 0.3 is 5.97 Å². The summed E-state index contributed by atoms with van der Waals surface area (Å²) >= 11 is 0. The SMILES string of the molecule is O=C(O[C@@H]1c2nccnc2CCC1C1c2ccccc2-c2cncn21)c1ccc([N+](=O)[O-])cc1. The number of fused-ring (bicyclic) bond motifs is 4. The van der Waals surface area contributed by atoms with Crippen LogP contribution in [0.3, 0.4) is 0 Å². The molecule has 2 aliphatic rings. The third kappa shape index (κ3) is 3.16. The molecule has 0 N–H and O–H groups in total. The Balaban J connectivity index is 1.40. The number of aryl methyl sites for hydroxylation is 1. The van der Waals surface area contributed by atoms with Gasteiger partial charge in [-0.3, -0.25) is 20.1 Å². The fraction of sp³-hybridized carbons (Fsp3) is 0.200. The van der Waals surface area contributed by atoms with Crippen molar-refractivity contribution in [3.8, 4) is 11.3 Å². The van der Waals surface area contributed by atoms with Gasteiger partial charge in [-0.2, -0.15) is 0 Å². The largest absolute Gasteiger partial charge is 0.452 e. The standard InChI is InChI=1S/C25H19N5O4/c31-25(15-5-7-16(8-6-15)30(32)33)34-24-19(9-10-20-22(24)28-12-11-27-20)23-18-4-2-1-3-17(18)21-13-26-14-29(21)23/h1-8,11-14,19,23-24H,9-10H2/t19?,23?,24-/m0/s1. The molecular formula is C25H19N5O4. The van der Waals surface area contributed by atoms with Gasteiger partial charge in [-0.25, -0.2) is 9.78 Å². The molecule has 3 atom stereocenters. The molecule has 3 heterocycles. The number of benzene rings is 2. The quantitative estimate of drug-likeness (QED) is 0.257. The minimum absolute atomic E-state index is 0.0708. The highest BCUT2D eigenvalue weighted by molar-refractivity contribution is 5.89. The third-order valence-corrected chi connectivity index (χ3v) is 6.65. The lowest BCUT2D eigenvalue weighted by Gasteiger charge is -2.36. The van der Waals surface area contributed by atoms with Crippen LogP contribution in [0.25, 0.3) is 11.3 Å². The van der Waals surface area contributed by atoms with E-state index in [9.17, 15) is 14.9 Å². The molecule has 0 saturated carbocycles. The second-order valence-electron chi connectivity index (χ2n) is 8.44. The molecule has 9 nitrogen and oxygen atoms in total. The van der Waals surface area contributed by atoms with Crippen molar-refractivity contribution in [1.29, 1.82) is 0 Å². The Bertz CT molecular complexity index is 1410. The number of hydrogen-bond donors (Lipinski definition) is 0. The van der Waals surface area contributed by atoms with Gasteiger partial charge in [-0.15, -0.1) is 0 Å². The maximum Gasteiger partial charge on any atom is 0.338 e. The Morgan fingerprint density at radius 3 is 2.71 bits per heavy atom. The van der Waals surface area contributed by atoms with Crippen LogP contribution < -0.4 is 0 Å². The molecule has 2 unspecified atom stereocenters. The first-order chi connectivity index (χ1) is 16.6. The van der Waals surface area contributed by atoms with E-state index < -0.39 is 17.0 Å². The van der Waals surface area contributed by atoms with Gasteiger partial charge in [0.15, 0.2) is 6.10 Å². The molecule has 0 fully saturated rings. The summed E-state index contributed by atoms with van der Waals surface area (Å²) in [5, 5.41) is 11.0. The average Bonchev–Trinajstić information content (AvgIpc) is 3.46. The summed E-state index contributed by atoms with van der Waals surface area (Å²) in [6.45, 7) is 0. The first-order valence-electron chi connectivity index (χ1n) is 11.0. The van der Waals surface area contributed by atoms with E-state index in [-0.39, 0.29) is 23.2 Å². The molecule has 168 valence electrons. The lowest BCUT2D eigenvalue weighted by atomic mass is 9.79. The molecule has 0 radical (unpaired) electrons. The van der Waals surface area contributed by atoms with Gasteiger partial charge in [0.1, 0.15) is 5.69 Å². The van der Waals surface area contributed by atoms with Gasteiger partial charge in [-0.1, -0.05) is 24.3 Å². The van der Waals surface area contributed by atoms with Gasteiger partial charge in [0.2, 0.25) is 0 Å². The highest BCUT2D eigenvalue weighted by Crippen LogP contribution is 2.50. The minimum atomic E-state index is -0.633. The summed E-state index contributed by atoms with van der Waals surface area (Å²) in [5.41, 5.74) is 4.95. The highest BCUT2D eigenvalue weighted by Gasteiger charge is 2.44. The smallest absolute Gasteiger partial charge is 0.338 e. The molecular weight excluding hydrogens is 434 g/mol. The number of carbonyl (C=O) groups is 1. The lowest BCUT2D eigenvalue weighted by Crippen LogP contribution is -2.32. The van der Waals surface area contributed by atoms with E-state index in [1.54, 1.807) is 12.4 Å². The van der Waals surface area contributed by atoms with E-state index in [2.05, 4.69) is 31.7 Å². The van der Waals surface area contributed by atoms with Crippen LogP contribution in [-0.4, -0.2) is 30.4 Å². The topological polar surface area (TPSA) is 113 Å². The number of hydrogen-bond acceptors (Lipinski definition) is 7. The number of nitro groups is 1. The number of aromatic nitrogens is 4. The Labute approximate surface area is 194 Å². The zero-order chi connectivity index (χ0) is 23.2. The van der Waals surface area contributed by atoms with E-state index in [0.29, 0.717) is 5.69 Å². The predicted octanol–water partition coefficient (Wildman–Crippen LogP) is 4.31. The van der Waals surface area contributed by atoms with Crippen molar-refractivity contribution in [2.75, 3.05) is 0 Å². The molecule has 9 heteroatoms. The van der Waals surface area contributed by atoms with Crippen LogP contribution >= 0.6 is 0 Å². The van der Waals surface area contributed by atoms with Gasteiger partial charge in [0.05, 0.1) is 40.4 Å². The van der Waals surface area contributed by atoms with Gasteiger partial charge < -0.3 is 9.30 Å². The molecule has 2 aromatic heterocycles. The lowest BCUT2D eigenvalue weighted by molar-refractivity contribution is -0.384. The molecule has 0 saturated heterocycles. The Kier molecular flexibility index (Phi) is 4.68. The third-order valence-electron chi connectivity index (χ3n) is 6.65. The highest BCUT2D eigenvalue weighted by atomic mass is 16.6. The minimum Gasteiger partial charge on any atom is -0.452 e. The molecule has 4 aromatic rings. The number of nitro benzene ring substituents is 1. The molecule has 0 amide bonds. The maximum atomic E-state index is 13.1. The van der Waals surface area contributed by atoms with Crippen molar-refractivity contribution < 1.29 is 14.5 Å². The van der Waals surface area contributed by atoms with Crippen LogP contribution in [0, 0.1) is 16.0 Å². The second kappa shape index (κ2) is 7.87. The monoisotopic (exact) mass is 453 g/mol. The van der Waals surface area contributed by atoms with Crippen LogP contribution in [0.5, 0.6) is 0 Å². The summed E-state index contributed by atoms with van der Waals surface area (Å²) < 4.78 is 8.23. The summed E-state index contributed by atoms with van der Waals surface area (Å²) in [6.07, 6.45) is 7.77. The van der Waals surface area contributed by atoms with E-state index in [1.165, 1.54) is 24.3 Å². The number of carbonyl (C=O) groups excluding carboxylic acids is 1. The van der Waals surface area contributed by atoms with Crippen LogP contribution in [0.2, 0.25) is 0 Å². The molecule has 34 heavy (non-hydrogen) atoms. The van der Waals surface area contributed by atoms with E-state index in [4.69, 9.17) is 4.74 Å². The number of nitrogens with zero attached hydrogens (tertiary/aromatic N) is 5. The van der Waals surface area contributed by atoms with E-state index >= 15 is 0 Å². The summed E-state index contributed by atoms with van der Waals surface area (Å²) in [7, 11) is 0. The molecule has 6 rings (SSSR count). The van der Waals surface area contributed by atoms with Gasteiger partial charge in [-0.05, 0) is 30.5 Å². The van der Waals surface area contributed by atoms with Crippen molar-refractivity contribution >= 4 is 11.7 Å². The van der Waals surface area contributed by atoms with Crippen LogP contribution in [0.4, 0.5) is 5.69 Å². The molecule has 0 bridgehead atoms. The van der Waals surface area contributed by atoms with Crippen LogP contribution in [0.15, 0.2) is 73.4 Å². The van der Waals surface area contributed by atoms with E-state index in [1.807, 2.05) is 24.7 Å². The van der Waals surface area contributed by atoms with Crippen molar-refractivity contribution in [3.05, 3.63) is 106 Å². The zero-order valence-corrected chi connectivity index (χ0v) is 17.9. The molecule has 1 aliphatic carbocycles. The Morgan fingerprint density at radius 1 is 1.09 bits per heavy atom. The normalized spacial score (nSPS) is 20.2. The molecule has 0 spiro atoms. The number of rotatable bonds is 4. The van der Waals surface area contributed by atoms with Crippen molar-refractivity contribution in [2.24, 2.45) is 5.92 Å². The van der Waals surface area contributed by atoms with Crippen molar-refractivity contribution in [1.82, 2.24) is 19.5 Å². The molecule has 1 aliphatic heterocycles. The van der Waals surface area contributed by atoms with Crippen LogP contribution in [0.1, 0.15) is 45.9 Å². The van der Waals surface area contributed by atoms with Crippen molar-refractivity contribution in [2.45, 2.75) is 25.0 Å². The fourth-order valence-electron chi connectivity index (χ4n) is 5.14. The molecule has 2 aromatic carbocycles. The zero-order valence-electron chi connectivity index (χ0n) is 17.9. The number of imidazole rings is 1. The summed E-state index contributed by atoms with van der Waals surface area (Å²) in [6, 6.07) is 13.6. The first-order valence-corrected chi connectivity index (χ1v) is 11.0. The first kappa shape index (κ1) is 20.2. The number of ether oxygens (including phenoxy) is 1. The summed E-state index contributed by atoms with van der Waals surface area (Å²) in [5.74, 6) is -0.650. The second-order valence-corrected chi connectivity index (χ2v) is 8.44. The number of esters is 1. The van der Waals surface area contributed by atoms with Crippen molar-refractivity contribution in [3.63, 3.8) is 0 Å². The Morgan fingerprint density at radius 2 is 1.88 bits per heavy atom. The average molecular weight is 453 g/mol. The summed E-state index contributed by atoms with van der Waals surface area (Å²) in [4.78, 5) is 37.0. The Hall–Kier alpha value is -4.40. The fourth-order valence-corrected chi connectivity index (χ4v) is 5.14.